The molecule has 0 amide bonds. The first-order valence-electron chi connectivity index (χ1n) is 6.74. The number of rotatable bonds is 7. The third-order valence-electron chi connectivity index (χ3n) is 3.94. The molecule has 1 fully saturated rings. The Balaban J connectivity index is 2.55. The van der Waals surface area contributed by atoms with Crippen molar-refractivity contribution in [3.8, 4) is 0 Å². The van der Waals surface area contributed by atoms with Crippen LogP contribution in [0.3, 0.4) is 0 Å². The van der Waals surface area contributed by atoms with Crippen LogP contribution < -0.4 is 5.32 Å². The zero-order valence-corrected chi connectivity index (χ0v) is 12.1. The van der Waals surface area contributed by atoms with Crippen LogP contribution in [0.5, 0.6) is 0 Å². The molecule has 5 nitrogen and oxygen atoms in total. The van der Waals surface area contributed by atoms with E-state index in [4.69, 9.17) is 0 Å². The van der Waals surface area contributed by atoms with Gasteiger partial charge in [0.2, 0.25) is 0 Å². The smallest absolute Gasteiger partial charge is 0.323 e. The minimum absolute atomic E-state index is 0.375. The van der Waals surface area contributed by atoms with Crippen LogP contribution in [0.1, 0.15) is 26.2 Å². The van der Waals surface area contributed by atoms with Gasteiger partial charge in [0.25, 0.3) is 0 Å². The first kappa shape index (κ1) is 15.4. The van der Waals surface area contributed by atoms with E-state index in [-0.39, 0.29) is 0 Å². The molecule has 1 rings (SSSR count). The minimum Gasteiger partial charge on any atom is -0.480 e. The second-order valence-corrected chi connectivity index (χ2v) is 5.60. The van der Waals surface area contributed by atoms with Crippen molar-refractivity contribution in [2.45, 2.75) is 37.8 Å². The van der Waals surface area contributed by atoms with E-state index in [1.807, 2.05) is 6.92 Å². The highest BCUT2D eigenvalue weighted by Gasteiger charge is 2.45. The first-order valence-corrected chi connectivity index (χ1v) is 6.74. The quantitative estimate of drug-likeness (QED) is 0.694. The van der Waals surface area contributed by atoms with E-state index < -0.39 is 11.5 Å². The van der Waals surface area contributed by atoms with E-state index in [0.717, 1.165) is 25.9 Å². The van der Waals surface area contributed by atoms with E-state index >= 15 is 0 Å². The highest BCUT2D eigenvalue weighted by atomic mass is 16.4. The monoisotopic (exact) mass is 257 g/mol. The number of aliphatic carboxylic acids is 1. The van der Waals surface area contributed by atoms with Crippen molar-refractivity contribution in [1.82, 2.24) is 15.1 Å². The summed E-state index contributed by atoms with van der Waals surface area (Å²) >= 11 is 0. The lowest BCUT2D eigenvalue weighted by Gasteiger charge is -2.29. The van der Waals surface area contributed by atoms with Crippen molar-refractivity contribution in [3.05, 3.63) is 0 Å². The molecule has 1 aliphatic rings. The van der Waals surface area contributed by atoms with Gasteiger partial charge in [0.1, 0.15) is 5.54 Å². The van der Waals surface area contributed by atoms with Gasteiger partial charge in [0.05, 0.1) is 0 Å². The number of carboxylic acids is 1. The van der Waals surface area contributed by atoms with Crippen molar-refractivity contribution < 1.29 is 9.90 Å². The lowest BCUT2D eigenvalue weighted by Crippen LogP contribution is -2.51. The molecular weight excluding hydrogens is 230 g/mol. The lowest BCUT2D eigenvalue weighted by atomic mass is 9.97. The van der Waals surface area contributed by atoms with Crippen molar-refractivity contribution >= 4 is 5.97 Å². The summed E-state index contributed by atoms with van der Waals surface area (Å²) in [7, 11) is 6.21. The van der Waals surface area contributed by atoms with Gasteiger partial charge in [-0.15, -0.1) is 0 Å². The minimum atomic E-state index is -0.703. The average molecular weight is 257 g/mol. The Labute approximate surface area is 110 Å². The summed E-state index contributed by atoms with van der Waals surface area (Å²) < 4.78 is 0. The molecule has 1 aliphatic carbocycles. The molecule has 2 unspecified atom stereocenters. The van der Waals surface area contributed by atoms with Crippen LogP contribution in [0.15, 0.2) is 0 Å². The molecule has 0 aromatic carbocycles. The predicted octanol–water partition coefficient (Wildman–Crippen LogP) is 0.465. The Bertz CT molecular complexity index is 283. The fraction of sp³-hybridized carbons (Fsp3) is 0.923. The number of hydrogen-bond donors (Lipinski definition) is 2. The lowest BCUT2D eigenvalue weighted by molar-refractivity contribution is -0.144. The van der Waals surface area contributed by atoms with E-state index in [2.05, 4.69) is 36.3 Å². The summed E-state index contributed by atoms with van der Waals surface area (Å²) in [5.74, 6) is -0.701. The summed E-state index contributed by atoms with van der Waals surface area (Å²) in [6.07, 6.45) is 2.40. The summed E-state index contributed by atoms with van der Waals surface area (Å²) in [6, 6.07) is 0.375. The molecule has 0 saturated heterocycles. The molecule has 2 atom stereocenters. The van der Waals surface area contributed by atoms with Crippen LogP contribution >= 0.6 is 0 Å². The van der Waals surface area contributed by atoms with Crippen LogP contribution in [0.4, 0.5) is 0 Å². The Hall–Kier alpha value is -0.650. The Morgan fingerprint density at radius 3 is 2.56 bits per heavy atom. The van der Waals surface area contributed by atoms with Crippen LogP contribution in [0.25, 0.3) is 0 Å². The standard InChI is InChI=1S/C13H27N3O2/c1-5-14-13(12(17)18)7-6-11(10-13)16(4)9-8-15(2)3/h11,14H,5-10H2,1-4H3,(H,17,18). The molecular formula is C13H27N3O2. The first-order chi connectivity index (χ1) is 8.41. The van der Waals surface area contributed by atoms with Gasteiger partial charge in [-0.05, 0) is 47.0 Å². The summed E-state index contributed by atoms with van der Waals surface area (Å²) in [5, 5.41) is 12.6. The maximum Gasteiger partial charge on any atom is 0.323 e. The third-order valence-corrected chi connectivity index (χ3v) is 3.94. The molecule has 1 saturated carbocycles. The zero-order valence-electron chi connectivity index (χ0n) is 12.1. The number of nitrogens with zero attached hydrogens (tertiary/aromatic N) is 2. The third kappa shape index (κ3) is 3.67. The largest absolute Gasteiger partial charge is 0.480 e. The average Bonchev–Trinajstić information content (AvgIpc) is 2.72. The molecule has 0 aromatic heterocycles. The second-order valence-electron chi connectivity index (χ2n) is 5.60. The highest BCUT2D eigenvalue weighted by Crippen LogP contribution is 2.32. The van der Waals surface area contributed by atoms with Crippen LogP contribution in [0, 0.1) is 0 Å². The fourth-order valence-corrected chi connectivity index (χ4v) is 2.70. The van der Waals surface area contributed by atoms with Crippen LogP contribution in [0.2, 0.25) is 0 Å². The fourth-order valence-electron chi connectivity index (χ4n) is 2.70. The molecule has 0 heterocycles. The normalized spacial score (nSPS) is 28.2. The highest BCUT2D eigenvalue weighted by molar-refractivity contribution is 5.79. The molecule has 106 valence electrons. The maximum atomic E-state index is 11.5. The predicted molar refractivity (Wildman–Crippen MR) is 72.9 cm³/mol. The van der Waals surface area contributed by atoms with Gasteiger partial charge in [-0.1, -0.05) is 6.92 Å². The van der Waals surface area contributed by atoms with Gasteiger partial charge in [-0.25, -0.2) is 0 Å². The maximum absolute atomic E-state index is 11.5. The number of likely N-dealkylation sites (N-methyl/N-ethyl adjacent to an activating group) is 3. The molecule has 0 bridgehead atoms. The topological polar surface area (TPSA) is 55.8 Å². The molecule has 18 heavy (non-hydrogen) atoms. The number of carboxylic acid groups (broad SMARTS) is 1. The SMILES string of the molecule is CCNC1(C(=O)O)CCC(N(C)CCN(C)C)C1. The van der Waals surface area contributed by atoms with Crippen molar-refractivity contribution in [3.63, 3.8) is 0 Å². The molecule has 0 aromatic rings. The zero-order chi connectivity index (χ0) is 13.8. The van der Waals surface area contributed by atoms with Gasteiger partial charge in [0.15, 0.2) is 0 Å². The van der Waals surface area contributed by atoms with E-state index in [9.17, 15) is 9.90 Å². The second kappa shape index (κ2) is 6.50. The summed E-state index contributed by atoms with van der Waals surface area (Å²) in [6.45, 7) is 4.67. The van der Waals surface area contributed by atoms with Gasteiger partial charge in [-0.3, -0.25) is 4.79 Å². The molecule has 0 radical (unpaired) electrons. The summed E-state index contributed by atoms with van der Waals surface area (Å²) in [4.78, 5) is 15.9. The molecule has 0 aliphatic heterocycles. The van der Waals surface area contributed by atoms with Crippen molar-refractivity contribution in [2.24, 2.45) is 0 Å². The molecule has 0 spiro atoms. The summed E-state index contributed by atoms with van der Waals surface area (Å²) in [5.41, 5.74) is -0.703. The van der Waals surface area contributed by atoms with Crippen molar-refractivity contribution in [2.75, 3.05) is 40.8 Å². The van der Waals surface area contributed by atoms with Crippen LogP contribution in [-0.2, 0) is 4.79 Å². The number of hydrogen-bond acceptors (Lipinski definition) is 4. The number of carbonyl (C=O) groups is 1. The van der Waals surface area contributed by atoms with E-state index in [1.165, 1.54) is 0 Å². The van der Waals surface area contributed by atoms with E-state index in [1.54, 1.807) is 0 Å². The molecule has 2 N–H and O–H groups in total. The van der Waals surface area contributed by atoms with Gasteiger partial charge >= 0.3 is 5.97 Å². The van der Waals surface area contributed by atoms with E-state index in [0.29, 0.717) is 19.0 Å². The Morgan fingerprint density at radius 2 is 2.06 bits per heavy atom. The Kier molecular flexibility index (Phi) is 5.56. The van der Waals surface area contributed by atoms with Gasteiger partial charge in [0, 0.05) is 19.1 Å². The van der Waals surface area contributed by atoms with Gasteiger partial charge < -0.3 is 20.2 Å². The van der Waals surface area contributed by atoms with Crippen molar-refractivity contribution in [1.29, 1.82) is 0 Å². The number of nitrogens with one attached hydrogen (secondary N) is 1. The van der Waals surface area contributed by atoms with Crippen LogP contribution in [-0.4, -0.2) is 73.2 Å². The molecule has 5 heteroatoms. The Morgan fingerprint density at radius 1 is 1.39 bits per heavy atom. The van der Waals surface area contributed by atoms with Gasteiger partial charge in [-0.2, -0.15) is 0 Å².